The summed E-state index contributed by atoms with van der Waals surface area (Å²) in [6.45, 7) is 0.370. The molecule has 104 valence electrons. The van der Waals surface area contributed by atoms with Gasteiger partial charge in [0.25, 0.3) is 10.0 Å². The van der Waals surface area contributed by atoms with Crippen LogP contribution in [-0.4, -0.2) is 8.42 Å². The first-order valence-corrected chi connectivity index (χ1v) is 7.69. The van der Waals surface area contributed by atoms with Crippen molar-refractivity contribution < 1.29 is 8.42 Å². The van der Waals surface area contributed by atoms with Crippen LogP contribution < -0.4 is 10.5 Å². The van der Waals surface area contributed by atoms with Gasteiger partial charge in [0.2, 0.25) is 0 Å². The largest absolute Gasteiger partial charge is 0.326 e. The van der Waals surface area contributed by atoms with E-state index in [2.05, 4.69) is 4.72 Å². The highest BCUT2D eigenvalue weighted by molar-refractivity contribution is 7.95. The van der Waals surface area contributed by atoms with Gasteiger partial charge in [0.1, 0.15) is 0 Å². The van der Waals surface area contributed by atoms with Crippen LogP contribution in [0.2, 0.25) is 0 Å². The monoisotopic (exact) mass is 288 g/mol. The maximum absolute atomic E-state index is 11.9. The van der Waals surface area contributed by atoms with Crippen LogP contribution in [0.5, 0.6) is 0 Å². The van der Waals surface area contributed by atoms with E-state index in [-0.39, 0.29) is 0 Å². The second-order valence-electron chi connectivity index (χ2n) is 4.27. The topological polar surface area (TPSA) is 72.2 Å². The molecule has 0 aliphatic carbocycles. The van der Waals surface area contributed by atoms with E-state index in [0.717, 1.165) is 16.5 Å². The quantitative estimate of drug-likeness (QED) is 0.888. The van der Waals surface area contributed by atoms with Gasteiger partial charge in [-0.2, -0.15) is 0 Å². The van der Waals surface area contributed by atoms with Crippen LogP contribution in [0.1, 0.15) is 11.1 Å². The molecule has 0 radical (unpaired) electrons. The van der Waals surface area contributed by atoms with Crippen molar-refractivity contribution in [2.75, 3.05) is 4.72 Å². The highest BCUT2D eigenvalue weighted by atomic mass is 32.2. The number of nitrogens with two attached hydrogens (primary N) is 1. The second-order valence-corrected chi connectivity index (χ2v) is 5.83. The van der Waals surface area contributed by atoms with Crippen molar-refractivity contribution in [2.45, 2.75) is 6.54 Å². The van der Waals surface area contributed by atoms with Gasteiger partial charge in [0.05, 0.1) is 5.41 Å². The van der Waals surface area contributed by atoms with Crippen molar-refractivity contribution in [3.63, 3.8) is 0 Å². The summed E-state index contributed by atoms with van der Waals surface area (Å²) in [6, 6.07) is 16.3. The molecule has 0 fully saturated rings. The van der Waals surface area contributed by atoms with Crippen molar-refractivity contribution in [1.82, 2.24) is 0 Å². The van der Waals surface area contributed by atoms with Crippen LogP contribution in [-0.2, 0) is 16.6 Å². The third-order valence-electron chi connectivity index (χ3n) is 2.66. The van der Waals surface area contributed by atoms with Gasteiger partial charge in [0.15, 0.2) is 0 Å². The molecule has 0 aromatic heterocycles. The van der Waals surface area contributed by atoms with Crippen molar-refractivity contribution in [3.8, 4) is 0 Å². The third-order valence-corrected chi connectivity index (χ3v) is 3.68. The predicted molar refractivity (Wildman–Crippen MR) is 82.4 cm³/mol. The Morgan fingerprint density at radius 3 is 2.50 bits per heavy atom. The molecule has 2 rings (SSSR count). The lowest BCUT2D eigenvalue weighted by Crippen LogP contribution is -2.09. The first-order valence-electron chi connectivity index (χ1n) is 6.14. The number of hydrogen-bond donors (Lipinski definition) is 2. The maximum atomic E-state index is 11.9. The minimum absolute atomic E-state index is 0.370. The standard InChI is InChI=1S/C15H16N2O2S/c16-12-14-7-4-8-15(11-14)17-20(18,19)10-9-13-5-2-1-3-6-13/h1-11,17H,12,16H2. The molecule has 0 saturated carbocycles. The summed E-state index contributed by atoms with van der Waals surface area (Å²) in [5.41, 5.74) is 7.73. The van der Waals surface area contributed by atoms with E-state index in [1.165, 1.54) is 0 Å². The van der Waals surface area contributed by atoms with Gasteiger partial charge >= 0.3 is 0 Å². The Balaban J connectivity index is 2.13. The Bertz CT molecular complexity index is 695. The highest BCUT2D eigenvalue weighted by Gasteiger charge is 2.05. The van der Waals surface area contributed by atoms with E-state index in [0.29, 0.717) is 12.2 Å². The maximum Gasteiger partial charge on any atom is 0.255 e. The molecular weight excluding hydrogens is 272 g/mol. The highest BCUT2D eigenvalue weighted by Crippen LogP contribution is 2.13. The third kappa shape index (κ3) is 4.22. The zero-order chi connectivity index (χ0) is 14.4. The summed E-state index contributed by atoms with van der Waals surface area (Å²) in [7, 11) is -3.53. The molecule has 0 aliphatic rings. The summed E-state index contributed by atoms with van der Waals surface area (Å²) < 4.78 is 26.4. The number of benzene rings is 2. The Morgan fingerprint density at radius 2 is 1.80 bits per heavy atom. The van der Waals surface area contributed by atoms with E-state index in [9.17, 15) is 8.42 Å². The van der Waals surface area contributed by atoms with Gasteiger partial charge in [-0.05, 0) is 29.3 Å². The average Bonchev–Trinajstić information content (AvgIpc) is 2.46. The molecule has 0 bridgehead atoms. The number of anilines is 1. The molecule has 2 aromatic carbocycles. The second kappa shape index (κ2) is 6.36. The Hall–Kier alpha value is -2.11. The van der Waals surface area contributed by atoms with Crippen molar-refractivity contribution >= 4 is 21.8 Å². The first-order chi connectivity index (χ1) is 9.59. The molecule has 2 aromatic rings. The molecule has 0 heterocycles. The van der Waals surface area contributed by atoms with Gasteiger partial charge in [-0.15, -0.1) is 0 Å². The van der Waals surface area contributed by atoms with Crippen LogP contribution in [0.3, 0.4) is 0 Å². The van der Waals surface area contributed by atoms with Crippen LogP contribution in [0.25, 0.3) is 6.08 Å². The zero-order valence-corrected chi connectivity index (χ0v) is 11.7. The molecule has 0 amide bonds. The van der Waals surface area contributed by atoms with Crippen molar-refractivity contribution in [3.05, 3.63) is 71.1 Å². The normalized spacial score (nSPS) is 11.7. The smallest absolute Gasteiger partial charge is 0.255 e. The van der Waals surface area contributed by atoms with Gasteiger partial charge in [-0.1, -0.05) is 42.5 Å². The van der Waals surface area contributed by atoms with Crippen LogP contribution in [0.15, 0.2) is 60.0 Å². The van der Waals surface area contributed by atoms with Crippen LogP contribution in [0, 0.1) is 0 Å². The molecule has 20 heavy (non-hydrogen) atoms. The summed E-state index contributed by atoms with van der Waals surface area (Å²) in [5.74, 6) is 0. The summed E-state index contributed by atoms with van der Waals surface area (Å²) in [4.78, 5) is 0. The predicted octanol–water partition coefficient (Wildman–Crippen LogP) is 2.56. The molecule has 0 unspecified atom stereocenters. The van der Waals surface area contributed by atoms with Crippen molar-refractivity contribution in [2.24, 2.45) is 5.73 Å². The van der Waals surface area contributed by atoms with Crippen molar-refractivity contribution in [1.29, 1.82) is 0 Å². The number of hydrogen-bond acceptors (Lipinski definition) is 3. The van der Waals surface area contributed by atoms with E-state index in [1.807, 2.05) is 36.4 Å². The zero-order valence-electron chi connectivity index (χ0n) is 10.9. The minimum Gasteiger partial charge on any atom is -0.326 e. The fraction of sp³-hybridized carbons (Fsp3) is 0.0667. The Labute approximate surface area is 119 Å². The SMILES string of the molecule is NCc1cccc(NS(=O)(=O)C=Cc2ccccc2)c1. The first kappa shape index (κ1) is 14.3. The van der Waals surface area contributed by atoms with Crippen LogP contribution >= 0.6 is 0 Å². The summed E-state index contributed by atoms with van der Waals surface area (Å²) in [6.07, 6.45) is 1.55. The summed E-state index contributed by atoms with van der Waals surface area (Å²) in [5, 5.41) is 1.15. The van der Waals surface area contributed by atoms with E-state index in [4.69, 9.17) is 5.73 Å². The average molecular weight is 288 g/mol. The molecule has 5 heteroatoms. The molecule has 0 spiro atoms. The molecule has 0 saturated heterocycles. The van der Waals surface area contributed by atoms with E-state index >= 15 is 0 Å². The van der Waals surface area contributed by atoms with Gasteiger partial charge in [-0.3, -0.25) is 4.72 Å². The number of sulfonamides is 1. The van der Waals surface area contributed by atoms with E-state index < -0.39 is 10.0 Å². The molecular formula is C15H16N2O2S. The summed E-state index contributed by atoms with van der Waals surface area (Å²) >= 11 is 0. The molecule has 0 aliphatic heterocycles. The fourth-order valence-electron chi connectivity index (χ4n) is 1.69. The van der Waals surface area contributed by atoms with Gasteiger partial charge in [0, 0.05) is 12.2 Å². The van der Waals surface area contributed by atoms with Gasteiger partial charge in [-0.25, -0.2) is 8.42 Å². The lowest BCUT2D eigenvalue weighted by atomic mass is 10.2. The molecule has 4 nitrogen and oxygen atoms in total. The lowest BCUT2D eigenvalue weighted by Gasteiger charge is -2.05. The Kier molecular flexibility index (Phi) is 4.55. The minimum atomic E-state index is -3.53. The Morgan fingerprint density at radius 1 is 1.05 bits per heavy atom. The lowest BCUT2D eigenvalue weighted by molar-refractivity contribution is 0.609. The molecule has 0 atom stereocenters. The van der Waals surface area contributed by atoms with Gasteiger partial charge < -0.3 is 5.73 Å². The molecule has 3 N–H and O–H groups in total. The number of nitrogens with one attached hydrogen (secondary N) is 1. The van der Waals surface area contributed by atoms with E-state index in [1.54, 1.807) is 24.3 Å². The fourth-order valence-corrected chi connectivity index (χ4v) is 2.55. The van der Waals surface area contributed by atoms with Crippen LogP contribution in [0.4, 0.5) is 5.69 Å². The number of rotatable bonds is 5.